The summed E-state index contributed by atoms with van der Waals surface area (Å²) in [4.78, 5) is 15.7. The van der Waals surface area contributed by atoms with Gasteiger partial charge in [-0.3, -0.25) is 10.1 Å². The third kappa shape index (κ3) is 2.36. The smallest absolute Gasteiger partial charge is 0.301 e. The zero-order valence-corrected chi connectivity index (χ0v) is 9.10. The van der Waals surface area contributed by atoms with Crippen molar-refractivity contribution in [2.75, 3.05) is 11.1 Å². The van der Waals surface area contributed by atoms with Crippen molar-refractivity contribution in [3.63, 3.8) is 0 Å². The molecule has 0 radical (unpaired) electrons. The summed E-state index contributed by atoms with van der Waals surface area (Å²) >= 11 is 0. The maximum absolute atomic E-state index is 11.7. The average molecular weight is 233 g/mol. The molecule has 0 saturated heterocycles. The van der Waals surface area contributed by atoms with Crippen molar-refractivity contribution in [1.82, 2.24) is 4.98 Å². The summed E-state index contributed by atoms with van der Waals surface area (Å²) in [7, 11) is 0. The minimum Gasteiger partial charge on any atom is -0.506 e. The molecule has 1 aromatic heterocycles. The van der Waals surface area contributed by atoms with E-state index in [9.17, 15) is 9.90 Å². The average Bonchev–Trinajstić information content (AvgIpc) is 2.68. The van der Waals surface area contributed by atoms with Crippen LogP contribution in [0.2, 0.25) is 0 Å². The Labute approximate surface area is 97.1 Å². The van der Waals surface area contributed by atoms with Crippen LogP contribution >= 0.6 is 0 Å². The summed E-state index contributed by atoms with van der Waals surface area (Å²) in [6, 6.07) is 4.34. The van der Waals surface area contributed by atoms with Crippen LogP contribution in [0.25, 0.3) is 0 Å². The molecule has 0 aliphatic carbocycles. The molecular weight excluding hydrogens is 222 g/mol. The van der Waals surface area contributed by atoms with Gasteiger partial charge in [0.2, 0.25) is 0 Å². The number of nitrogens with two attached hydrogens (primary N) is 1. The largest absolute Gasteiger partial charge is 0.506 e. The van der Waals surface area contributed by atoms with Crippen molar-refractivity contribution in [2.45, 2.75) is 6.92 Å². The molecule has 0 aliphatic heterocycles. The normalized spacial score (nSPS) is 10.2. The SMILES string of the molecule is Cc1coc(NC(=O)c2ccc(N)c(O)c2)n1. The summed E-state index contributed by atoms with van der Waals surface area (Å²) in [6.45, 7) is 1.74. The lowest BCUT2D eigenvalue weighted by Crippen LogP contribution is -2.12. The van der Waals surface area contributed by atoms with Crippen LogP contribution in [0.1, 0.15) is 16.1 Å². The Kier molecular flexibility index (Phi) is 2.70. The van der Waals surface area contributed by atoms with Crippen LogP contribution in [0.3, 0.4) is 0 Å². The fraction of sp³-hybridized carbons (Fsp3) is 0.0909. The molecule has 88 valence electrons. The number of aromatic hydroxyl groups is 1. The first kappa shape index (κ1) is 11.0. The molecule has 0 saturated carbocycles. The lowest BCUT2D eigenvalue weighted by Gasteiger charge is -2.03. The Morgan fingerprint density at radius 2 is 2.29 bits per heavy atom. The highest BCUT2D eigenvalue weighted by molar-refractivity contribution is 6.03. The summed E-state index contributed by atoms with van der Waals surface area (Å²) in [5.41, 5.74) is 6.59. The molecule has 0 unspecified atom stereocenters. The van der Waals surface area contributed by atoms with Gasteiger partial charge in [0.1, 0.15) is 12.0 Å². The maximum atomic E-state index is 11.7. The molecule has 0 aliphatic rings. The first-order valence-electron chi connectivity index (χ1n) is 4.88. The van der Waals surface area contributed by atoms with E-state index >= 15 is 0 Å². The highest BCUT2D eigenvalue weighted by atomic mass is 16.4. The number of benzene rings is 1. The van der Waals surface area contributed by atoms with Crippen molar-refractivity contribution in [3.8, 4) is 5.75 Å². The molecular formula is C11H11N3O3. The summed E-state index contributed by atoms with van der Waals surface area (Å²) in [6.07, 6.45) is 1.43. The molecule has 0 spiro atoms. The zero-order chi connectivity index (χ0) is 12.4. The van der Waals surface area contributed by atoms with Gasteiger partial charge in [0.05, 0.1) is 11.4 Å². The monoisotopic (exact) mass is 233 g/mol. The molecule has 4 N–H and O–H groups in total. The maximum Gasteiger partial charge on any atom is 0.301 e. The number of hydrogen-bond donors (Lipinski definition) is 3. The van der Waals surface area contributed by atoms with Gasteiger partial charge in [-0.1, -0.05) is 0 Å². The Hall–Kier alpha value is -2.50. The van der Waals surface area contributed by atoms with E-state index < -0.39 is 5.91 Å². The van der Waals surface area contributed by atoms with Gasteiger partial charge in [-0.15, -0.1) is 0 Å². The van der Waals surface area contributed by atoms with Crippen LogP contribution in [-0.2, 0) is 0 Å². The van der Waals surface area contributed by atoms with Gasteiger partial charge in [-0.2, -0.15) is 4.98 Å². The number of nitrogens with zero attached hydrogens (tertiary/aromatic N) is 1. The van der Waals surface area contributed by atoms with Crippen LogP contribution < -0.4 is 11.1 Å². The highest BCUT2D eigenvalue weighted by Gasteiger charge is 2.10. The Morgan fingerprint density at radius 1 is 1.53 bits per heavy atom. The molecule has 2 rings (SSSR count). The number of anilines is 2. The van der Waals surface area contributed by atoms with Gasteiger partial charge >= 0.3 is 6.01 Å². The predicted octanol–water partition coefficient (Wildman–Crippen LogP) is 1.52. The van der Waals surface area contributed by atoms with E-state index in [-0.39, 0.29) is 23.0 Å². The number of carbonyl (C=O) groups is 1. The van der Waals surface area contributed by atoms with E-state index in [0.717, 1.165) is 0 Å². The minimum absolute atomic E-state index is 0.115. The van der Waals surface area contributed by atoms with Crippen LogP contribution in [0, 0.1) is 6.92 Å². The van der Waals surface area contributed by atoms with Crippen molar-refractivity contribution in [2.24, 2.45) is 0 Å². The van der Waals surface area contributed by atoms with Crippen LogP contribution in [0.4, 0.5) is 11.7 Å². The van der Waals surface area contributed by atoms with E-state index in [4.69, 9.17) is 10.2 Å². The third-order valence-electron chi connectivity index (χ3n) is 2.13. The van der Waals surface area contributed by atoms with E-state index in [1.165, 1.54) is 24.5 Å². The van der Waals surface area contributed by atoms with Crippen molar-refractivity contribution < 1.29 is 14.3 Å². The van der Waals surface area contributed by atoms with E-state index in [1.54, 1.807) is 6.92 Å². The van der Waals surface area contributed by atoms with Crippen molar-refractivity contribution >= 4 is 17.6 Å². The second-order valence-corrected chi connectivity index (χ2v) is 3.52. The number of aryl methyl sites for hydroxylation is 1. The summed E-state index contributed by atoms with van der Waals surface area (Å²) in [5.74, 6) is -0.566. The van der Waals surface area contributed by atoms with Gasteiger partial charge < -0.3 is 15.3 Å². The number of phenols is 1. The zero-order valence-electron chi connectivity index (χ0n) is 9.10. The number of carbonyl (C=O) groups excluding carboxylic acids is 1. The van der Waals surface area contributed by atoms with Crippen molar-refractivity contribution in [1.29, 1.82) is 0 Å². The fourth-order valence-electron chi connectivity index (χ4n) is 1.27. The lowest BCUT2D eigenvalue weighted by atomic mass is 10.2. The minimum atomic E-state index is -0.429. The molecule has 2 aromatic rings. The van der Waals surface area contributed by atoms with E-state index in [2.05, 4.69) is 10.3 Å². The molecule has 6 nitrogen and oxygen atoms in total. The Bertz CT molecular complexity index is 563. The van der Waals surface area contributed by atoms with Gasteiger partial charge in [0.25, 0.3) is 5.91 Å². The molecule has 0 atom stereocenters. The quantitative estimate of drug-likeness (QED) is 0.539. The van der Waals surface area contributed by atoms with Crippen molar-refractivity contribution in [3.05, 3.63) is 35.7 Å². The number of hydrogen-bond acceptors (Lipinski definition) is 5. The summed E-state index contributed by atoms with van der Waals surface area (Å²) in [5, 5.41) is 11.8. The number of oxazole rings is 1. The number of nitrogens with one attached hydrogen (secondary N) is 1. The first-order chi connectivity index (χ1) is 8.06. The topological polar surface area (TPSA) is 101 Å². The van der Waals surface area contributed by atoms with E-state index in [1.807, 2.05) is 0 Å². The number of rotatable bonds is 2. The van der Waals surface area contributed by atoms with Crippen LogP contribution in [0.5, 0.6) is 5.75 Å². The Morgan fingerprint density at radius 3 is 2.88 bits per heavy atom. The van der Waals surface area contributed by atoms with E-state index in [0.29, 0.717) is 5.69 Å². The van der Waals surface area contributed by atoms with Crippen LogP contribution in [0.15, 0.2) is 28.9 Å². The summed E-state index contributed by atoms with van der Waals surface area (Å²) < 4.78 is 4.98. The first-order valence-corrected chi connectivity index (χ1v) is 4.88. The predicted molar refractivity (Wildman–Crippen MR) is 61.7 cm³/mol. The molecule has 1 amide bonds. The second kappa shape index (κ2) is 4.17. The molecule has 0 bridgehead atoms. The van der Waals surface area contributed by atoms with Gasteiger partial charge in [0, 0.05) is 5.56 Å². The number of nitrogen functional groups attached to an aromatic ring is 1. The molecule has 1 heterocycles. The number of aromatic nitrogens is 1. The van der Waals surface area contributed by atoms with Gasteiger partial charge in [-0.25, -0.2) is 0 Å². The molecule has 0 fully saturated rings. The standard InChI is InChI=1S/C11H11N3O3/c1-6-5-17-11(13-6)14-10(16)7-2-3-8(12)9(15)4-7/h2-5,15H,12H2,1H3,(H,13,14,16). The fourth-order valence-corrected chi connectivity index (χ4v) is 1.27. The number of phenolic OH excluding ortho intramolecular Hbond substituents is 1. The van der Waals surface area contributed by atoms with Crippen LogP contribution in [-0.4, -0.2) is 16.0 Å². The number of amides is 1. The van der Waals surface area contributed by atoms with Gasteiger partial charge in [0.15, 0.2) is 0 Å². The Balaban J connectivity index is 2.17. The molecule has 6 heteroatoms. The highest BCUT2D eigenvalue weighted by Crippen LogP contribution is 2.21. The molecule has 1 aromatic carbocycles. The second-order valence-electron chi connectivity index (χ2n) is 3.52. The third-order valence-corrected chi connectivity index (χ3v) is 2.13. The molecule has 17 heavy (non-hydrogen) atoms. The van der Waals surface area contributed by atoms with Gasteiger partial charge in [-0.05, 0) is 25.1 Å². The lowest BCUT2D eigenvalue weighted by molar-refractivity contribution is 0.102.